The van der Waals surface area contributed by atoms with Crippen molar-refractivity contribution in [2.75, 3.05) is 14.2 Å². The molecule has 0 aliphatic rings. The minimum absolute atomic E-state index is 0.00704. The second-order valence-electron chi connectivity index (χ2n) is 12.9. The van der Waals surface area contributed by atoms with Gasteiger partial charge in [0.2, 0.25) is 0 Å². The van der Waals surface area contributed by atoms with Gasteiger partial charge in [0.1, 0.15) is 34.8 Å². The third-order valence-corrected chi connectivity index (χ3v) is 9.40. The van der Waals surface area contributed by atoms with Crippen LogP contribution >= 0.6 is 22.6 Å². The molecule has 0 radical (unpaired) electrons. The average Bonchev–Trinajstić information content (AvgIpc) is 3.65. The Bertz CT molecular complexity index is 2510. The Morgan fingerprint density at radius 2 is 1.24 bits per heavy atom. The van der Waals surface area contributed by atoms with Gasteiger partial charge in [-0.25, -0.2) is 19.9 Å². The predicted octanol–water partition coefficient (Wildman–Crippen LogP) is 6.91. The summed E-state index contributed by atoms with van der Waals surface area (Å²) < 4.78 is 20.4. The van der Waals surface area contributed by atoms with Gasteiger partial charge < -0.3 is 23.3 Å². The molecule has 14 heteroatoms. The topological polar surface area (TPSA) is 149 Å². The Labute approximate surface area is 325 Å². The highest BCUT2D eigenvalue weighted by atomic mass is 127. The van der Waals surface area contributed by atoms with Crippen LogP contribution in [0.1, 0.15) is 39.3 Å². The second-order valence-corrected chi connectivity index (χ2v) is 14.1. The number of nitrogens with zero attached hydrogens (tertiary/aromatic N) is 8. The summed E-state index contributed by atoms with van der Waals surface area (Å²) in [5.74, 6) is -0.505. The van der Waals surface area contributed by atoms with E-state index in [4.69, 9.17) is 14.2 Å². The van der Waals surface area contributed by atoms with Crippen LogP contribution in [0.25, 0.3) is 45.4 Å². The highest BCUT2D eigenvalue weighted by Crippen LogP contribution is 2.28. The first-order valence-corrected chi connectivity index (χ1v) is 18.0. The summed E-state index contributed by atoms with van der Waals surface area (Å²) in [5.41, 5.74) is 9.99. The van der Waals surface area contributed by atoms with E-state index in [9.17, 15) is 9.59 Å². The van der Waals surface area contributed by atoms with Crippen molar-refractivity contribution in [1.29, 1.82) is 0 Å². The van der Waals surface area contributed by atoms with Crippen LogP contribution in [-0.2, 0) is 39.8 Å². The standard InChI is InChI=1S/C26H26N4O5.C14H13IN4/c1-15-10-20-23(28-12-15)30(3)24(29-20)22-16(2)11-18(13-27-22)21(25(31)34-5)26(32)35-14-17-6-8-19(33-4)9-7-17;1-8-4-11-13(17-6-8)19(3)14(18-11)12-9(2)5-10(15)7-16-12/h6-13,21H,14H2,1-5H3;4-7H,1-3H3. The number of hydrogen-bond donors (Lipinski definition) is 0. The number of aryl methyl sites for hydroxylation is 6. The third kappa shape index (κ3) is 7.93. The SMILES string of the molecule is COC(=O)C(C(=O)OCc1ccc(OC)cc1)c1cnc(-c2nc3cc(C)cnc3n2C)c(C)c1.Cc1cnc2c(c1)nc(-c1ncc(I)cc1C)n2C. The molecule has 7 aromatic rings. The van der Waals surface area contributed by atoms with Gasteiger partial charge >= 0.3 is 11.9 Å². The Kier molecular flexibility index (Phi) is 11.3. The Morgan fingerprint density at radius 3 is 1.74 bits per heavy atom. The fourth-order valence-corrected chi connectivity index (χ4v) is 6.59. The van der Waals surface area contributed by atoms with Crippen molar-refractivity contribution >= 4 is 56.9 Å². The van der Waals surface area contributed by atoms with Crippen LogP contribution < -0.4 is 4.74 Å². The van der Waals surface area contributed by atoms with Gasteiger partial charge in [-0.3, -0.25) is 19.6 Å². The van der Waals surface area contributed by atoms with Crippen molar-refractivity contribution < 1.29 is 23.8 Å². The van der Waals surface area contributed by atoms with E-state index in [2.05, 4.69) is 65.5 Å². The summed E-state index contributed by atoms with van der Waals surface area (Å²) in [6.07, 6.45) is 7.00. The quantitative estimate of drug-likeness (QED) is 0.0894. The van der Waals surface area contributed by atoms with Crippen LogP contribution in [0.15, 0.2) is 73.3 Å². The number of esters is 2. The molecule has 0 N–H and O–H groups in total. The highest BCUT2D eigenvalue weighted by molar-refractivity contribution is 14.1. The number of halogens is 1. The largest absolute Gasteiger partial charge is 0.497 e. The number of ether oxygens (including phenoxy) is 3. The zero-order valence-corrected chi connectivity index (χ0v) is 33.4. The number of benzene rings is 1. The van der Waals surface area contributed by atoms with Crippen molar-refractivity contribution in [2.45, 2.75) is 40.2 Å². The number of carbonyl (C=O) groups excluding carboxylic acids is 2. The lowest BCUT2D eigenvalue weighted by Gasteiger charge is -2.16. The minimum Gasteiger partial charge on any atom is -0.497 e. The van der Waals surface area contributed by atoms with E-state index in [0.717, 1.165) is 65.2 Å². The third-order valence-electron chi connectivity index (χ3n) is 8.81. The molecule has 0 saturated heterocycles. The smallest absolute Gasteiger partial charge is 0.325 e. The number of pyridine rings is 4. The first-order chi connectivity index (χ1) is 25.9. The zero-order chi connectivity index (χ0) is 38.7. The Morgan fingerprint density at radius 1 is 0.704 bits per heavy atom. The fourth-order valence-electron chi connectivity index (χ4n) is 5.99. The van der Waals surface area contributed by atoms with Gasteiger partial charge in [-0.05, 0) is 114 Å². The summed E-state index contributed by atoms with van der Waals surface area (Å²) >= 11 is 2.27. The summed E-state index contributed by atoms with van der Waals surface area (Å²) in [6.45, 7) is 7.89. The Hall–Kier alpha value is -5.77. The molecule has 0 saturated carbocycles. The maximum atomic E-state index is 12.9. The molecule has 6 aromatic heterocycles. The highest BCUT2D eigenvalue weighted by Gasteiger charge is 2.32. The van der Waals surface area contributed by atoms with E-state index < -0.39 is 17.9 Å². The lowest BCUT2D eigenvalue weighted by molar-refractivity contribution is -0.156. The number of methoxy groups -OCH3 is 2. The van der Waals surface area contributed by atoms with E-state index in [0.29, 0.717) is 22.8 Å². The van der Waals surface area contributed by atoms with Gasteiger partial charge in [0.05, 0.1) is 14.2 Å². The van der Waals surface area contributed by atoms with Crippen LogP contribution in [0.2, 0.25) is 0 Å². The van der Waals surface area contributed by atoms with Crippen LogP contribution in [0, 0.1) is 31.3 Å². The maximum Gasteiger partial charge on any atom is 0.325 e. The molecular weight excluding hydrogens is 799 g/mol. The second kappa shape index (κ2) is 16.1. The van der Waals surface area contributed by atoms with Crippen LogP contribution in [0.5, 0.6) is 5.75 Å². The van der Waals surface area contributed by atoms with Crippen molar-refractivity contribution in [1.82, 2.24) is 39.0 Å². The molecule has 0 aliphatic heterocycles. The van der Waals surface area contributed by atoms with E-state index in [-0.39, 0.29) is 6.61 Å². The first kappa shape index (κ1) is 38.0. The number of rotatable bonds is 8. The maximum absolute atomic E-state index is 12.9. The molecule has 0 amide bonds. The van der Waals surface area contributed by atoms with Gasteiger partial charge in [-0.15, -0.1) is 0 Å². The van der Waals surface area contributed by atoms with Crippen LogP contribution in [0.3, 0.4) is 0 Å². The van der Waals surface area contributed by atoms with Gasteiger partial charge in [-0.2, -0.15) is 0 Å². The molecule has 6 heterocycles. The van der Waals surface area contributed by atoms with Crippen molar-refractivity contribution in [3.8, 4) is 28.8 Å². The summed E-state index contributed by atoms with van der Waals surface area (Å²) in [4.78, 5) is 52.7. The molecule has 0 spiro atoms. The lowest BCUT2D eigenvalue weighted by Crippen LogP contribution is -2.25. The molecule has 0 bridgehead atoms. The normalized spacial score (nSPS) is 11.6. The molecule has 1 aromatic carbocycles. The molecular formula is C40H39IN8O5. The number of carbonyl (C=O) groups is 2. The number of hydrogen-bond acceptors (Lipinski definition) is 11. The monoisotopic (exact) mass is 838 g/mol. The summed E-state index contributed by atoms with van der Waals surface area (Å²) in [5, 5.41) is 0. The molecule has 13 nitrogen and oxygen atoms in total. The molecule has 0 fully saturated rings. The van der Waals surface area contributed by atoms with Gasteiger partial charge in [0, 0.05) is 42.5 Å². The minimum atomic E-state index is -1.26. The van der Waals surface area contributed by atoms with Crippen molar-refractivity contribution in [3.05, 3.63) is 110 Å². The summed E-state index contributed by atoms with van der Waals surface area (Å²) in [7, 11) is 6.66. The van der Waals surface area contributed by atoms with Crippen LogP contribution in [0.4, 0.5) is 0 Å². The number of fused-ring (bicyclic) bond motifs is 2. The van der Waals surface area contributed by atoms with E-state index in [1.54, 1.807) is 43.6 Å². The molecule has 1 atom stereocenters. The van der Waals surface area contributed by atoms with E-state index in [1.807, 2.05) is 68.5 Å². The average molecular weight is 839 g/mol. The van der Waals surface area contributed by atoms with Crippen molar-refractivity contribution in [3.63, 3.8) is 0 Å². The number of imidazole rings is 2. The van der Waals surface area contributed by atoms with Gasteiger partial charge in [-0.1, -0.05) is 18.2 Å². The predicted molar refractivity (Wildman–Crippen MR) is 213 cm³/mol. The molecule has 54 heavy (non-hydrogen) atoms. The zero-order valence-electron chi connectivity index (χ0n) is 31.2. The molecule has 1 unspecified atom stereocenters. The van der Waals surface area contributed by atoms with Crippen molar-refractivity contribution in [2.24, 2.45) is 14.1 Å². The number of aromatic nitrogens is 8. The lowest BCUT2D eigenvalue weighted by atomic mass is 9.98. The molecule has 7 rings (SSSR count). The van der Waals surface area contributed by atoms with Gasteiger partial charge in [0.25, 0.3) is 0 Å². The van der Waals surface area contributed by atoms with E-state index >= 15 is 0 Å². The fraction of sp³-hybridized carbons (Fsp3) is 0.250. The Balaban J connectivity index is 0.000000219. The summed E-state index contributed by atoms with van der Waals surface area (Å²) in [6, 6.07) is 15.0. The molecule has 0 aliphatic carbocycles. The molecule has 276 valence electrons. The van der Waals surface area contributed by atoms with E-state index in [1.165, 1.54) is 13.3 Å². The first-order valence-electron chi connectivity index (χ1n) is 16.9. The van der Waals surface area contributed by atoms with Crippen LogP contribution in [-0.4, -0.2) is 65.2 Å². The van der Waals surface area contributed by atoms with Gasteiger partial charge in [0.15, 0.2) is 28.9 Å².